The second-order valence-corrected chi connectivity index (χ2v) is 7.74. The van der Waals surface area contributed by atoms with Crippen molar-refractivity contribution < 1.29 is 8.42 Å². The van der Waals surface area contributed by atoms with Crippen LogP contribution >= 0.6 is 11.3 Å². The van der Waals surface area contributed by atoms with E-state index in [1.54, 1.807) is 23.5 Å². The molecule has 2 aromatic carbocycles. The predicted octanol–water partition coefficient (Wildman–Crippen LogP) is 3.88. The maximum Gasteiger partial charge on any atom is 0.175 e. The zero-order valence-electron chi connectivity index (χ0n) is 11.4. The van der Waals surface area contributed by atoms with E-state index in [4.69, 9.17) is 0 Å². The van der Waals surface area contributed by atoms with Crippen molar-refractivity contribution in [3.05, 3.63) is 60.8 Å². The van der Waals surface area contributed by atoms with Crippen LogP contribution < -0.4 is 0 Å². The summed E-state index contributed by atoms with van der Waals surface area (Å²) in [6, 6.07) is 16.9. The van der Waals surface area contributed by atoms with Gasteiger partial charge in [0.1, 0.15) is 5.01 Å². The molecular weight excluding hydrogens is 302 g/mol. The molecule has 1 aromatic heterocycles. The molecule has 0 N–H and O–H groups in total. The van der Waals surface area contributed by atoms with Gasteiger partial charge in [0.25, 0.3) is 0 Å². The molecule has 21 heavy (non-hydrogen) atoms. The van der Waals surface area contributed by atoms with Crippen molar-refractivity contribution >= 4 is 21.2 Å². The van der Waals surface area contributed by atoms with Crippen molar-refractivity contribution in [1.29, 1.82) is 0 Å². The van der Waals surface area contributed by atoms with E-state index in [9.17, 15) is 8.42 Å². The molecule has 0 atom stereocenters. The fourth-order valence-corrected chi connectivity index (χ4v) is 3.55. The Morgan fingerprint density at radius 1 is 0.905 bits per heavy atom. The number of hydrogen-bond acceptors (Lipinski definition) is 4. The first-order chi connectivity index (χ1) is 10.0. The van der Waals surface area contributed by atoms with Gasteiger partial charge < -0.3 is 0 Å². The van der Waals surface area contributed by atoms with E-state index in [0.29, 0.717) is 4.90 Å². The minimum atomic E-state index is -3.15. The van der Waals surface area contributed by atoms with Crippen molar-refractivity contribution in [3.8, 4) is 21.0 Å². The summed E-state index contributed by atoms with van der Waals surface area (Å²) in [4.78, 5) is 5.79. The van der Waals surface area contributed by atoms with Gasteiger partial charge in [0.15, 0.2) is 9.84 Å². The minimum absolute atomic E-state index is 0.332. The lowest BCUT2D eigenvalue weighted by Crippen LogP contribution is -1.95. The maximum atomic E-state index is 11.5. The van der Waals surface area contributed by atoms with Crippen molar-refractivity contribution in [1.82, 2.24) is 4.98 Å². The lowest BCUT2D eigenvalue weighted by atomic mass is 10.2. The summed E-state index contributed by atoms with van der Waals surface area (Å²) in [6.45, 7) is 0. The van der Waals surface area contributed by atoms with Crippen LogP contribution in [-0.4, -0.2) is 19.7 Å². The summed E-state index contributed by atoms with van der Waals surface area (Å²) in [5.74, 6) is 0. The minimum Gasteiger partial charge on any atom is -0.244 e. The number of aromatic nitrogens is 1. The summed E-state index contributed by atoms with van der Waals surface area (Å²) in [5, 5.41) is 0.956. The van der Waals surface area contributed by atoms with Crippen LogP contribution in [0.5, 0.6) is 0 Å². The Bertz CT molecular complexity index is 851. The molecule has 0 aliphatic heterocycles. The smallest absolute Gasteiger partial charge is 0.175 e. The monoisotopic (exact) mass is 315 g/mol. The second kappa shape index (κ2) is 5.42. The van der Waals surface area contributed by atoms with E-state index in [-0.39, 0.29) is 0 Å². The van der Waals surface area contributed by atoms with Crippen LogP contribution in [0.1, 0.15) is 0 Å². The quantitative estimate of drug-likeness (QED) is 0.737. The van der Waals surface area contributed by atoms with Crippen LogP contribution in [0.25, 0.3) is 21.0 Å². The number of benzene rings is 2. The topological polar surface area (TPSA) is 47.0 Å². The number of nitrogens with zero attached hydrogens (tertiary/aromatic N) is 1. The van der Waals surface area contributed by atoms with Crippen LogP contribution in [0.4, 0.5) is 0 Å². The highest BCUT2D eigenvalue weighted by atomic mass is 32.2. The Labute approximate surface area is 127 Å². The molecule has 0 saturated heterocycles. The van der Waals surface area contributed by atoms with E-state index in [1.165, 1.54) is 6.26 Å². The van der Waals surface area contributed by atoms with Gasteiger partial charge in [0.05, 0.1) is 9.77 Å². The van der Waals surface area contributed by atoms with Crippen molar-refractivity contribution in [2.24, 2.45) is 0 Å². The SMILES string of the molecule is CS(=O)(=O)c1ccc(-c2cnc(-c3ccccc3)s2)cc1. The Morgan fingerprint density at radius 2 is 1.57 bits per heavy atom. The number of sulfone groups is 1. The summed E-state index contributed by atoms with van der Waals surface area (Å²) in [6.07, 6.45) is 3.03. The molecule has 0 saturated carbocycles. The summed E-state index contributed by atoms with van der Waals surface area (Å²) in [5.41, 5.74) is 2.06. The number of thiazole rings is 1. The van der Waals surface area contributed by atoms with Gasteiger partial charge in [-0.3, -0.25) is 0 Å². The molecule has 5 heteroatoms. The molecule has 0 unspecified atom stereocenters. The summed E-state index contributed by atoms with van der Waals surface area (Å²) < 4.78 is 22.9. The maximum absolute atomic E-state index is 11.5. The molecule has 1 heterocycles. The molecule has 0 bridgehead atoms. The van der Waals surface area contributed by atoms with Gasteiger partial charge in [-0.2, -0.15) is 0 Å². The highest BCUT2D eigenvalue weighted by molar-refractivity contribution is 7.90. The van der Waals surface area contributed by atoms with Crippen LogP contribution in [0.2, 0.25) is 0 Å². The third-order valence-electron chi connectivity index (χ3n) is 3.09. The van der Waals surface area contributed by atoms with Crippen LogP contribution in [0, 0.1) is 0 Å². The van der Waals surface area contributed by atoms with Crippen molar-refractivity contribution in [2.45, 2.75) is 4.90 Å². The van der Waals surface area contributed by atoms with Crippen molar-refractivity contribution in [3.63, 3.8) is 0 Å². The molecular formula is C16H13NO2S2. The molecule has 0 radical (unpaired) electrons. The largest absolute Gasteiger partial charge is 0.244 e. The molecule has 3 nitrogen and oxygen atoms in total. The molecule has 0 fully saturated rings. The van der Waals surface area contributed by atoms with E-state index in [0.717, 1.165) is 21.0 Å². The third kappa shape index (κ3) is 3.04. The summed E-state index contributed by atoms with van der Waals surface area (Å²) >= 11 is 1.59. The highest BCUT2D eigenvalue weighted by Crippen LogP contribution is 2.32. The van der Waals surface area contributed by atoms with E-state index < -0.39 is 9.84 Å². The second-order valence-electron chi connectivity index (χ2n) is 4.69. The van der Waals surface area contributed by atoms with Gasteiger partial charge in [-0.1, -0.05) is 42.5 Å². The fraction of sp³-hybridized carbons (Fsp3) is 0.0625. The Morgan fingerprint density at radius 3 is 2.19 bits per heavy atom. The Hall–Kier alpha value is -1.98. The van der Waals surface area contributed by atoms with Gasteiger partial charge >= 0.3 is 0 Å². The molecule has 3 rings (SSSR count). The zero-order valence-corrected chi connectivity index (χ0v) is 13.0. The molecule has 0 aliphatic rings. The summed E-state index contributed by atoms with van der Waals surface area (Å²) in [7, 11) is -3.15. The van der Waals surface area contributed by atoms with Gasteiger partial charge in [-0.15, -0.1) is 11.3 Å². The lowest BCUT2D eigenvalue weighted by Gasteiger charge is -2.00. The van der Waals surface area contributed by atoms with Gasteiger partial charge in [0, 0.05) is 18.0 Å². The van der Waals surface area contributed by atoms with Gasteiger partial charge in [0.2, 0.25) is 0 Å². The van der Waals surface area contributed by atoms with Gasteiger partial charge in [-0.25, -0.2) is 13.4 Å². The van der Waals surface area contributed by atoms with Crippen LogP contribution in [0.3, 0.4) is 0 Å². The molecule has 0 spiro atoms. The number of rotatable bonds is 3. The fourth-order valence-electron chi connectivity index (χ4n) is 1.99. The van der Waals surface area contributed by atoms with E-state index in [1.807, 2.05) is 48.7 Å². The van der Waals surface area contributed by atoms with Crippen LogP contribution in [-0.2, 0) is 9.84 Å². The first-order valence-corrected chi connectivity index (χ1v) is 9.06. The highest BCUT2D eigenvalue weighted by Gasteiger charge is 2.09. The van der Waals surface area contributed by atoms with E-state index in [2.05, 4.69) is 4.98 Å². The van der Waals surface area contributed by atoms with E-state index >= 15 is 0 Å². The van der Waals surface area contributed by atoms with Crippen LogP contribution in [0.15, 0.2) is 65.7 Å². The van der Waals surface area contributed by atoms with Crippen molar-refractivity contribution in [2.75, 3.05) is 6.26 Å². The Balaban J connectivity index is 1.94. The zero-order chi connectivity index (χ0) is 14.9. The molecule has 0 aliphatic carbocycles. The third-order valence-corrected chi connectivity index (χ3v) is 5.32. The molecule has 3 aromatic rings. The normalized spacial score (nSPS) is 11.5. The first kappa shape index (κ1) is 14.0. The molecule has 106 valence electrons. The number of hydrogen-bond donors (Lipinski definition) is 0. The molecule has 0 amide bonds. The lowest BCUT2D eigenvalue weighted by molar-refractivity contribution is 0.602. The predicted molar refractivity (Wildman–Crippen MR) is 86.1 cm³/mol. The standard InChI is InChI=1S/C16H13NO2S2/c1-21(18,19)14-9-7-12(8-10-14)15-11-17-16(20-15)13-5-3-2-4-6-13/h2-11H,1H3. The van der Waals surface area contributed by atoms with Gasteiger partial charge in [-0.05, 0) is 17.7 Å². The Kier molecular flexibility index (Phi) is 3.61. The average Bonchev–Trinajstić information content (AvgIpc) is 2.97. The first-order valence-electron chi connectivity index (χ1n) is 6.36. The average molecular weight is 315 g/mol.